The molecule has 0 radical (unpaired) electrons. The number of rotatable bonds is 6. The van der Waals surface area contributed by atoms with Gasteiger partial charge in [0, 0.05) is 30.3 Å². The lowest BCUT2D eigenvalue weighted by atomic mass is 10.1. The number of nitrogens with two attached hydrogens (primary N) is 1. The van der Waals surface area contributed by atoms with Crippen molar-refractivity contribution in [2.24, 2.45) is 5.73 Å². The number of thioether (sulfide) groups is 1. The number of carboxylic acids is 1. The fourth-order valence-corrected chi connectivity index (χ4v) is 2.24. The fourth-order valence-electron chi connectivity index (χ4n) is 1.53. The minimum Gasteiger partial charge on any atom is -0.480 e. The highest BCUT2D eigenvalue weighted by atomic mass is 32.2. The van der Waals surface area contributed by atoms with Gasteiger partial charge in [-0.2, -0.15) is 0 Å². The zero-order valence-corrected chi connectivity index (χ0v) is 11.5. The van der Waals surface area contributed by atoms with Crippen molar-refractivity contribution in [1.82, 2.24) is 15.0 Å². The third-order valence-electron chi connectivity index (χ3n) is 2.50. The lowest BCUT2D eigenvalue weighted by Crippen LogP contribution is -2.32. The molecule has 0 saturated carbocycles. The minimum absolute atomic E-state index is 0.218. The second-order valence-electron chi connectivity index (χ2n) is 4.09. The van der Waals surface area contributed by atoms with Gasteiger partial charge in [0.15, 0.2) is 5.16 Å². The lowest BCUT2D eigenvalue weighted by Gasteiger charge is -2.07. The van der Waals surface area contributed by atoms with E-state index in [1.165, 1.54) is 11.8 Å². The van der Waals surface area contributed by atoms with Crippen molar-refractivity contribution in [3.63, 3.8) is 0 Å². The van der Waals surface area contributed by atoms with Crippen LogP contribution in [0.2, 0.25) is 0 Å². The maximum atomic E-state index is 10.7. The quantitative estimate of drug-likeness (QED) is 0.607. The highest BCUT2D eigenvalue weighted by molar-refractivity contribution is 7.98. The van der Waals surface area contributed by atoms with Crippen LogP contribution in [0.3, 0.4) is 0 Å². The van der Waals surface area contributed by atoms with Gasteiger partial charge in [0.25, 0.3) is 0 Å². The van der Waals surface area contributed by atoms with E-state index in [1.54, 1.807) is 24.5 Å². The number of aromatic nitrogens is 3. The van der Waals surface area contributed by atoms with E-state index in [0.717, 1.165) is 5.69 Å². The standard InChI is InChI=1S/C13H14N4O2S/c14-11(12(18)19)7-9-3-1-4-10(17-9)8-20-13-15-5-2-6-16-13/h1-6,11H,7-8,14H2,(H,18,19). The zero-order valence-electron chi connectivity index (χ0n) is 10.6. The first-order chi connectivity index (χ1) is 9.65. The summed E-state index contributed by atoms with van der Waals surface area (Å²) in [5.41, 5.74) is 7.02. The van der Waals surface area contributed by atoms with Crippen LogP contribution in [0, 0.1) is 0 Å². The molecule has 6 nitrogen and oxygen atoms in total. The Kier molecular flexibility index (Phi) is 5.03. The Morgan fingerprint density at radius 1 is 1.25 bits per heavy atom. The molecular weight excluding hydrogens is 276 g/mol. The van der Waals surface area contributed by atoms with Crippen LogP contribution in [0.15, 0.2) is 41.8 Å². The predicted molar refractivity (Wildman–Crippen MR) is 75.1 cm³/mol. The average molecular weight is 290 g/mol. The molecule has 2 heterocycles. The van der Waals surface area contributed by atoms with Crippen molar-refractivity contribution in [2.45, 2.75) is 23.4 Å². The number of hydrogen-bond donors (Lipinski definition) is 2. The maximum Gasteiger partial charge on any atom is 0.320 e. The molecule has 104 valence electrons. The van der Waals surface area contributed by atoms with Crippen molar-refractivity contribution in [2.75, 3.05) is 0 Å². The Morgan fingerprint density at radius 2 is 1.95 bits per heavy atom. The van der Waals surface area contributed by atoms with Gasteiger partial charge in [-0.1, -0.05) is 17.8 Å². The Bertz CT molecular complexity index is 580. The third-order valence-corrected chi connectivity index (χ3v) is 3.41. The van der Waals surface area contributed by atoms with Crippen LogP contribution in [0.1, 0.15) is 11.4 Å². The van der Waals surface area contributed by atoms with Gasteiger partial charge in [0.1, 0.15) is 6.04 Å². The molecule has 0 spiro atoms. The summed E-state index contributed by atoms with van der Waals surface area (Å²) >= 11 is 1.48. The van der Waals surface area contributed by atoms with Crippen molar-refractivity contribution in [3.05, 3.63) is 48.0 Å². The third kappa shape index (κ3) is 4.29. The van der Waals surface area contributed by atoms with Crippen LogP contribution in [-0.4, -0.2) is 32.1 Å². The van der Waals surface area contributed by atoms with E-state index in [-0.39, 0.29) is 6.42 Å². The first-order valence-electron chi connectivity index (χ1n) is 5.98. The SMILES string of the molecule is NC(Cc1cccc(CSc2ncccn2)n1)C(=O)O. The number of carbonyl (C=O) groups is 1. The van der Waals surface area contributed by atoms with E-state index in [9.17, 15) is 4.79 Å². The van der Waals surface area contributed by atoms with E-state index in [2.05, 4.69) is 15.0 Å². The molecule has 0 aliphatic carbocycles. The summed E-state index contributed by atoms with van der Waals surface area (Å²) in [5.74, 6) is -0.399. The van der Waals surface area contributed by atoms with Crippen LogP contribution in [0.5, 0.6) is 0 Å². The molecule has 1 atom stereocenters. The number of pyridine rings is 1. The monoisotopic (exact) mass is 290 g/mol. The second-order valence-corrected chi connectivity index (χ2v) is 5.03. The highest BCUT2D eigenvalue weighted by Gasteiger charge is 2.13. The smallest absolute Gasteiger partial charge is 0.320 e. The summed E-state index contributed by atoms with van der Waals surface area (Å²) < 4.78 is 0. The van der Waals surface area contributed by atoms with E-state index in [0.29, 0.717) is 16.6 Å². The van der Waals surface area contributed by atoms with Gasteiger partial charge in [-0.3, -0.25) is 9.78 Å². The molecule has 2 rings (SSSR count). The van der Waals surface area contributed by atoms with Crippen molar-refractivity contribution >= 4 is 17.7 Å². The van der Waals surface area contributed by atoms with E-state index >= 15 is 0 Å². The maximum absolute atomic E-state index is 10.7. The summed E-state index contributed by atoms with van der Waals surface area (Å²) in [6.07, 6.45) is 3.59. The summed E-state index contributed by atoms with van der Waals surface area (Å²) in [6, 6.07) is 6.33. The van der Waals surface area contributed by atoms with Crippen LogP contribution in [0.25, 0.3) is 0 Å². The second kappa shape index (κ2) is 6.97. The predicted octanol–water partition coefficient (Wildman–Crippen LogP) is 1.12. The Labute approximate surface area is 120 Å². The number of hydrogen-bond acceptors (Lipinski definition) is 6. The first kappa shape index (κ1) is 14.4. The van der Waals surface area contributed by atoms with E-state index in [4.69, 9.17) is 10.8 Å². The number of aliphatic carboxylic acids is 1. The largest absolute Gasteiger partial charge is 0.480 e. The van der Waals surface area contributed by atoms with Gasteiger partial charge in [-0.15, -0.1) is 0 Å². The normalized spacial score (nSPS) is 12.1. The minimum atomic E-state index is -1.02. The Balaban J connectivity index is 1.97. The number of nitrogens with zero attached hydrogens (tertiary/aromatic N) is 3. The van der Waals surface area contributed by atoms with Crippen molar-refractivity contribution in [1.29, 1.82) is 0 Å². The van der Waals surface area contributed by atoms with Gasteiger partial charge in [-0.25, -0.2) is 9.97 Å². The summed E-state index contributed by atoms with van der Waals surface area (Å²) in [5, 5.41) is 9.47. The molecule has 0 aromatic carbocycles. The fraction of sp³-hybridized carbons (Fsp3) is 0.231. The molecule has 1 unspecified atom stereocenters. The van der Waals surface area contributed by atoms with Gasteiger partial charge < -0.3 is 10.8 Å². The molecule has 3 N–H and O–H groups in total. The molecule has 2 aromatic rings. The van der Waals surface area contributed by atoms with Gasteiger partial charge in [0.05, 0.1) is 5.69 Å². The molecule has 0 saturated heterocycles. The molecule has 0 aliphatic heterocycles. The summed E-state index contributed by atoms with van der Waals surface area (Å²) in [7, 11) is 0. The van der Waals surface area contributed by atoms with Gasteiger partial charge in [-0.05, 0) is 18.2 Å². The summed E-state index contributed by atoms with van der Waals surface area (Å²) in [6.45, 7) is 0. The zero-order chi connectivity index (χ0) is 14.4. The van der Waals surface area contributed by atoms with Crippen molar-refractivity contribution < 1.29 is 9.90 Å². The molecule has 2 aromatic heterocycles. The van der Waals surface area contributed by atoms with Crippen LogP contribution < -0.4 is 5.73 Å². The Morgan fingerprint density at radius 3 is 2.65 bits per heavy atom. The molecular formula is C13H14N4O2S. The van der Waals surface area contributed by atoms with E-state index in [1.807, 2.05) is 12.1 Å². The summed E-state index contributed by atoms with van der Waals surface area (Å²) in [4.78, 5) is 23.3. The highest BCUT2D eigenvalue weighted by Crippen LogP contribution is 2.17. The topological polar surface area (TPSA) is 102 Å². The Hall–Kier alpha value is -1.99. The lowest BCUT2D eigenvalue weighted by molar-refractivity contribution is -0.138. The first-order valence-corrected chi connectivity index (χ1v) is 6.97. The van der Waals surface area contributed by atoms with Crippen LogP contribution in [0.4, 0.5) is 0 Å². The van der Waals surface area contributed by atoms with Crippen LogP contribution in [-0.2, 0) is 17.0 Å². The van der Waals surface area contributed by atoms with Crippen molar-refractivity contribution in [3.8, 4) is 0 Å². The van der Waals surface area contributed by atoms with Gasteiger partial charge in [0.2, 0.25) is 0 Å². The van der Waals surface area contributed by atoms with Gasteiger partial charge >= 0.3 is 5.97 Å². The molecule has 0 bridgehead atoms. The molecule has 7 heteroatoms. The molecule has 0 fully saturated rings. The van der Waals surface area contributed by atoms with Crippen LogP contribution >= 0.6 is 11.8 Å². The molecule has 0 amide bonds. The molecule has 20 heavy (non-hydrogen) atoms. The number of carboxylic acid groups (broad SMARTS) is 1. The van der Waals surface area contributed by atoms with E-state index < -0.39 is 12.0 Å². The average Bonchev–Trinajstić information content (AvgIpc) is 2.46. The molecule has 0 aliphatic rings.